The van der Waals surface area contributed by atoms with Crippen LogP contribution in [-0.2, 0) is 26.0 Å². The van der Waals surface area contributed by atoms with Gasteiger partial charge in [0.05, 0.1) is 18.0 Å². The van der Waals surface area contributed by atoms with Crippen molar-refractivity contribution in [3.63, 3.8) is 0 Å². The molecule has 0 spiro atoms. The van der Waals surface area contributed by atoms with Crippen LogP contribution in [0.2, 0.25) is 0 Å². The predicted molar refractivity (Wildman–Crippen MR) is 137 cm³/mol. The zero-order valence-corrected chi connectivity index (χ0v) is 22.6. The van der Waals surface area contributed by atoms with Crippen molar-refractivity contribution in [1.29, 1.82) is 0 Å². The van der Waals surface area contributed by atoms with Crippen LogP contribution < -0.4 is 5.73 Å². The molecule has 1 unspecified atom stereocenters. The van der Waals surface area contributed by atoms with E-state index >= 15 is 0 Å². The normalized spacial score (nSPS) is 32.9. The summed E-state index contributed by atoms with van der Waals surface area (Å²) in [5, 5.41) is 10.7. The van der Waals surface area contributed by atoms with E-state index in [2.05, 4.69) is 13.8 Å². The molecule has 3 N–H and O–H groups in total. The second-order valence-electron chi connectivity index (χ2n) is 11.6. The summed E-state index contributed by atoms with van der Waals surface area (Å²) < 4.78 is 34.9. The van der Waals surface area contributed by atoms with Gasteiger partial charge >= 0.3 is 0 Å². The molecular weight excluding hydrogens is 488 g/mol. The number of phenols is 1. The fourth-order valence-corrected chi connectivity index (χ4v) is 9.57. The van der Waals surface area contributed by atoms with Crippen LogP contribution in [0.15, 0.2) is 12.1 Å². The molecule has 2 saturated carbocycles. The molecule has 2 aliphatic carbocycles. The molecule has 7 nitrogen and oxygen atoms in total. The van der Waals surface area contributed by atoms with Gasteiger partial charge in [0.2, 0.25) is 10.0 Å². The number of halogens is 1. The fraction of sp³-hybridized carbons (Fsp3) is 0.731. The maximum absolute atomic E-state index is 13.5. The molecule has 0 amide bonds. The van der Waals surface area contributed by atoms with Gasteiger partial charge in [-0.3, -0.25) is 4.79 Å². The van der Waals surface area contributed by atoms with Crippen molar-refractivity contribution in [1.82, 2.24) is 4.31 Å². The van der Waals surface area contributed by atoms with Crippen molar-refractivity contribution < 1.29 is 23.1 Å². The zero-order valence-electron chi connectivity index (χ0n) is 21.0. The Morgan fingerprint density at radius 2 is 1.86 bits per heavy atom. The maximum atomic E-state index is 13.5. The SMILES string of the molecule is Cc1ccc2c(c1O)C[C@@H](C1CCN(S(=O)(=O)C[C@]34CCC(CC3=O)C4(C)C)CC1)O[C@H]2CN.Cl. The number of piperidine rings is 1. The van der Waals surface area contributed by atoms with E-state index in [0.29, 0.717) is 63.4 Å². The van der Waals surface area contributed by atoms with Crippen LogP contribution in [0.1, 0.15) is 68.7 Å². The van der Waals surface area contributed by atoms with Gasteiger partial charge in [-0.25, -0.2) is 12.7 Å². The van der Waals surface area contributed by atoms with Crippen molar-refractivity contribution in [2.75, 3.05) is 25.4 Å². The fourth-order valence-electron chi connectivity index (χ4n) is 7.32. The Morgan fingerprint density at radius 3 is 2.43 bits per heavy atom. The largest absolute Gasteiger partial charge is 0.507 e. The van der Waals surface area contributed by atoms with E-state index in [-0.39, 0.29) is 47.5 Å². The second kappa shape index (κ2) is 9.28. The average molecular weight is 527 g/mol. The summed E-state index contributed by atoms with van der Waals surface area (Å²) in [5.41, 5.74) is 7.73. The van der Waals surface area contributed by atoms with E-state index in [1.807, 2.05) is 19.1 Å². The van der Waals surface area contributed by atoms with Crippen LogP contribution in [0.4, 0.5) is 0 Å². The Balaban J connectivity index is 0.00000289. The Bertz CT molecular complexity index is 1100. The van der Waals surface area contributed by atoms with Crippen molar-refractivity contribution in [3.8, 4) is 5.75 Å². The molecule has 1 saturated heterocycles. The molecule has 5 rings (SSSR count). The third-order valence-corrected chi connectivity index (χ3v) is 11.8. The van der Waals surface area contributed by atoms with Crippen molar-refractivity contribution in [3.05, 3.63) is 28.8 Å². The topological polar surface area (TPSA) is 110 Å². The molecule has 0 radical (unpaired) electrons. The third kappa shape index (κ3) is 4.13. The van der Waals surface area contributed by atoms with Gasteiger partial charge in [-0.2, -0.15) is 0 Å². The average Bonchev–Trinajstić information content (AvgIpc) is 3.15. The van der Waals surface area contributed by atoms with Gasteiger partial charge in [0.1, 0.15) is 11.5 Å². The number of phenolic OH excluding ortho intramolecular Hbond substituents is 1. The van der Waals surface area contributed by atoms with E-state index < -0.39 is 15.4 Å². The number of fused-ring (bicyclic) bond motifs is 3. The number of carbonyl (C=O) groups is 1. The first-order valence-corrected chi connectivity index (χ1v) is 14.3. The number of ketones is 1. The van der Waals surface area contributed by atoms with E-state index in [1.54, 1.807) is 4.31 Å². The summed E-state index contributed by atoms with van der Waals surface area (Å²) in [7, 11) is -3.53. The van der Waals surface area contributed by atoms with E-state index in [4.69, 9.17) is 10.5 Å². The summed E-state index contributed by atoms with van der Waals surface area (Å²) >= 11 is 0. The number of hydrogen-bond acceptors (Lipinski definition) is 6. The molecule has 1 aromatic carbocycles. The molecule has 3 fully saturated rings. The highest BCUT2D eigenvalue weighted by atomic mass is 35.5. The second-order valence-corrected chi connectivity index (χ2v) is 13.5. The Labute approximate surface area is 215 Å². The van der Waals surface area contributed by atoms with Crippen LogP contribution in [0.5, 0.6) is 5.75 Å². The summed E-state index contributed by atoms with van der Waals surface area (Å²) in [5.74, 6) is 0.921. The molecular formula is C26H39ClN2O5S. The number of hydrogen-bond donors (Lipinski definition) is 2. The minimum Gasteiger partial charge on any atom is -0.507 e. The van der Waals surface area contributed by atoms with Gasteiger partial charge in [-0.1, -0.05) is 26.0 Å². The molecule has 196 valence electrons. The predicted octanol–water partition coefficient (Wildman–Crippen LogP) is 3.50. The van der Waals surface area contributed by atoms with E-state index in [9.17, 15) is 18.3 Å². The van der Waals surface area contributed by atoms with Gasteiger partial charge in [-0.05, 0) is 61.0 Å². The lowest BCUT2D eigenvalue weighted by atomic mass is 9.70. The monoisotopic (exact) mass is 526 g/mol. The summed E-state index contributed by atoms with van der Waals surface area (Å²) in [6.45, 7) is 7.29. The molecule has 4 atom stereocenters. The first kappa shape index (κ1) is 26.9. The molecule has 2 heterocycles. The number of benzene rings is 1. The van der Waals surface area contributed by atoms with Gasteiger partial charge in [0, 0.05) is 43.5 Å². The Morgan fingerprint density at radius 1 is 1.17 bits per heavy atom. The lowest BCUT2D eigenvalue weighted by Gasteiger charge is -2.41. The highest BCUT2D eigenvalue weighted by Gasteiger charge is 2.65. The molecule has 2 aliphatic heterocycles. The zero-order chi connectivity index (χ0) is 24.5. The highest BCUT2D eigenvalue weighted by Crippen LogP contribution is 2.64. The number of nitrogens with zero attached hydrogens (tertiary/aromatic N) is 1. The standard InChI is InChI=1S/C26H38N2O5S.ClH/c1-16-4-5-19-20(24(16)30)13-21(33-22(19)14-27)17-7-10-28(11-8-17)34(31,32)15-26-9-6-18(12-23(26)29)25(26,2)3;/h4-5,17-18,21-22,30H,6-15,27H2,1-3H3;1H/t18?,21-,22-,26+;/m0./s1. The molecule has 35 heavy (non-hydrogen) atoms. The van der Waals surface area contributed by atoms with Crippen LogP contribution >= 0.6 is 12.4 Å². The smallest absolute Gasteiger partial charge is 0.215 e. The summed E-state index contributed by atoms with van der Waals surface area (Å²) in [6.07, 6.45) is 3.84. The molecule has 2 bridgehead atoms. The number of carbonyl (C=O) groups excluding carboxylic acids is 1. The lowest BCUT2D eigenvalue weighted by molar-refractivity contribution is -0.128. The van der Waals surface area contributed by atoms with Crippen LogP contribution in [0.25, 0.3) is 0 Å². The molecule has 9 heteroatoms. The Kier molecular flexibility index (Phi) is 7.12. The number of sulfonamides is 1. The number of nitrogens with two attached hydrogens (primary N) is 1. The molecule has 0 aromatic heterocycles. The van der Waals surface area contributed by atoms with Crippen molar-refractivity contribution in [2.45, 2.75) is 71.5 Å². The summed E-state index contributed by atoms with van der Waals surface area (Å²) in [4.78, 5) is 12.9. The van der Waals surface area contributed by atoms with Crippen molar-refractivity contribution >= 4 is 28.2 Å². The number of aromatic hydroxyl groups is 1. The van der Waals surface area contributed by atoms with Gasteiger partial charge in [0.15, 0.2) is 0 Å². The van der Waals surface area contributed by atoms with E-state index in [0.717, 1.165) is 23.1 Å². The minimum absolute atomic E-state index is 0. The quantitative estimate of drug-likeness (QED) is 0.607. The first-order valence-electron chi connectivity index (χ1n) is 12.7. The minimum atomic E-state index is -3.53. The van der Waals surface area contributed by atoms with Gasteiger partial charge < -0.3 is 15.6 Å². The number of aryl methyl sites for hydroxylation is 1. The Hall–Kier alpha value is -1.19. The maximum Gasteiger partial charge on any atom is 0.215 e. The van der Waals surface area contributed by atoms with Crippen LogP contribution in [0.3, 0.4) is 0 Å². The number of Topliss-reactive ketones (excluding diaryl/α,β-unsaturated/α-hetero) is 1. The van der Waals surface area contributed by atoms with Crippen LogP contribution in [-0.4, -0.2) is 55.1 Å². The highest BCUT2D eigenvalue weighted by molar-refractivity contribution is 7.89. The van der Waals surface area contributed by atoms with Gasteiger partial charge in [-0.15, -0.1) is 12.4 Å². The molecule has 4 aliphatic rings. The lowest BCUT2D eigenvalue weighted by Crippen LogP contribution is -2.49. The first-order chi connectivity index (χ1) is 16.0. The number of ether oxygens (including phenoxy) is 1. The van der Waals surface area contributed by atoms with E-state index in [1.165, 1.54) is 0 Å². The third-order valence-electron chi connectivity index (χ3n) is 9.81. The summed E-state index contributed by atoms with van der Waals surface area (Å²) in [6, 6.07) is 3.89. The molecule has 1 aromatic rings. The number of rotatable bonds is 5. The van der Waals surface area contributed by atoms with Crippen LogP contribution in [0, 0.1) is 29.6 Å². The van der Waals surface area contributed by atoms with Gasteiger partial charge in [0.25, 0.3) is 0 Å². The van der Waals surface area contributed by atoms with Crippen molar-refractivity contribution in [2.24, 2.45) is 28.4 Å².